The number of rotatable bonds is 8. The number of benzene rings is 1. The molecule has 0 saturated carbocycles. The first kappa shape index (κ1) is 14.5. The monoisotopic (exact) mass is 250 g/mol. The molecule has 1 amide bonds. The lowest BCUT2D eigenvalue weighted by Crippen LogP contribution is -2.38. The fourth-order valence-electron chi connectivity index (χ4n) is 1.41. The summed E-state index contributed by atoms with van der Waals surface area (Å²) in [5.41, 5.74) is 6.27. The van der Waals surface area contributed by atoms with Crippen LogP contribution in [-0.4, -0.2) is 18.6 Å². The van der Waals surface area contributed by atoms with Gasteiger partial charge in [-0.25, -0.2) is 0 Å². The van der Waals surface area contributed by atoms with Crippen LogP contribution < -0.4 is 15.8 Å². The van der Waals surface area contributed by atoms with Crippen molar-refractivity contribution in [1.29, 1.82) is 0 Å². The summed E-state index contributed by atoms with van der Waals surface area (Å²) in [4.78, 5) is 10.9. The van der Waals surface area contributed by atoms with Gasteiger partial charge in [0, 0.05) is 6.54 Å². The molecule has 0 radical (unpaired) electrons. The number of primary amides is 1. The second-order valence-corrected chi connectivity index (χ2v) is 4.35. The van der Waals surface area contributed by atoms with E-state index in [1.807, 2.05) is 24.3 Å². The van der Waals surface area contributed by atoms with Crippen molar-refractivity contribution >= 4 is 5.91 Å². The third kappa shape index (κ3) is 5.19. The maximum atomic E-state index is 10.9. The van der Waals surface area contributed by atoms with Gasteiger partial charge in [0.25, 0.3) is 0 Å². The van der Waals surface area contributed by atoms with Gasteiger partial charge < -0.3 is 15.8 Å². The van der Waals surface area contributed by atoms with Crippen LogP contribution in [0, 0.1) is 0 Å². The highest BCUT2D eigenvalue weighted by atomic mass is 16.5. The Balaban J connectivity index is 2.38. The summed E-state index contributed by atoms with van der Waals surface area (Å²) in [6.45, 7) is 5.27. The van der Waals surface area contributed by atoms with Crippen LogP contribution in [0.1, 0.15) is 32.3 Å². The molecule has 1 atom stereocenters. The Morgan fingerprint density at radius 3 is 2.61 bits per heavy atom. The minimum absolute atomic E-state index is 0.314. The number of ether oxygens (including phenoxy) is 1. The molecule has 0 spiro atoms. The van der Waals surface area contributed by atoms with Gasteiger partial charge in [-0.1, -0.05) is 25.5 Å². The predicted octanol–water partition coefficient (Wildman–Crippen LogP) is 1.83. The topological polar surface area (TPSA) is 64.3 Å². The highest BCUT2D eigenvalue weighted by Gasteiger charge is 2.06. The summed E-state index contributed by atoms with van der Waals surface area (Å²) in [5, 5.41) is 3.05. The van der Waals surface area contributed by atoms with E-state index in [-0.39, 0.29) is 11.9 Å². The predicted molar refractivity (Wildman–Crippen MR) is 72.3 cm³/mol. The Labute approximate surface area is 109 Å². The molecule has 0 aliphatic carbocycles. The smallest absolute Gasteiger partial charge is 0.234 e. The van der Waals surface area contributed by atoms with E-state index in [2.05, 4.69) is 12.2 Å². The summed E-state index contributed by atoms with van der Waals surface area (Å²) >= 11 is 0. The van der Waals surface area contributed by atoms with Crippen molar-refractivity contribution in [3.05, 3.63) is 29.8 Å². The number of nitrogens with one attached hydrogen (secondary N) is 1. The molecule has 1 aromatic carbocycles. The molecule has 0 saturated heterocycles. The summed E-state index contributed by atoms with van der Waals surface area (Å²) in [5.74, 6) is 0.546. The van der Waals surface area contributed by atoms with Crippen LogP contribution in [0.25, 0.3) is 0 Å². The van der Waals surface area contributed by atoms with E-state index in [9.17, 15) is 4.79 Å². The number of carbonyl (C=O) groups excluding carboxylic acids is 1. The van der Waals surface area contributed by atoms with Gasteiger partial charge in [-0.05, 0) is 31.0 Å². The Bertz CT molecular complexity index is 363. The van der Waals surface area contributed by atoms with Gasteiger partial charge >= 0.3 is 0 Å². The molecule has 0 aliphatic heterocycles. The fraction of sp³-hybridized carbons (Fsp3) is 0.500. The first-order chi connectivity index (χ1) is 8.63. The summed E-state index contributed by atoms with van der Waals surface area (Å²) in [7, 11) is 0. The molecule has 0 heterocycles. The van der Waals surface area contributed by atoms with Crippen LogP contribution in [0.3, 0.4) is 0 Å². The molecule has 4 nitrogen and oxygen atoms in total. The van der Waals surface area contributed by atoms with Crippen LogP contribution >= 0.6 is 0 Å². The molecule has 0 bridgehead atoms. The standard InChI is InChI=1S/C14H22N2O2/c1-3-4-9-18-13-7-5-12(6-8-13)10-16-11(2)14(15)17/h5-8,11,16H,3-4,9-10H2,1-2H3,(H2,15,17). The van der Waals surface area contributed by atoms with Gasteiger partial charge in [-0.3, -0.25) is 4.79 Å². The molecular weight excluding hydrogens is 228 g/mol. The van der Waals surface area contributed by atoms with Crippen molar-refractivity contribution in [2.75, 3.05) is 6.61 Å². The average molecular weight is 250 g/mol. The number of hydrogen-bond donors (Lipinski definition) is 2. The lowest BCUT2D eigenvalue weighted by atomic mass is 10.2. The van der Waals surface area contributed by atoms with Crippen molar-refractivity contribution in [1.82, 2.24) is 5.32 Å². The Morgan fingerprint density at radius 1 is 1.39 bits per heavy atom. The van der Waals surface area contributed by atoms with E-state index in [0.717, 1.165) is 30.8 Å². The first-order valence-electron chi connectivity index (χ1n) is 6.38. The summed E-state index contributed by atoms with van der Waals surface area (Å²) < 4.78 is 5.57. The number of nitrogens with two attached hydrogens (primary N) is 1. The summed E-state index contributed by atoms with van der Waals surface area (Å²) in [6, 6.07) is 7.55. The highest BCUT2D eigenvalue weighted by Crippen LogP contribution is 2.12. The van der Waals surface area contributed by atoms with Crippen LogP contribution in [0.2, 0.25) is 0 Å². The number of amides is 1. The van der Waals surface area contributed by atoms with Gasteiger partial charge in [0.15, 0.2) is 0 Å². The van der Waals surface area contributed by atoms with E-state index in [4.69, 9.17) is 10.5 Å². The SMILES string of the molecule is CCCCOc1ccc(CNC(C)C(N)=O)cc1. The minimum atomic E-state index is -0.338. The molecule has 1 rings (SSSR count). The van der Waals surface area contributed by atoms with Crippen molar-refractivity contribution in [2.45, 2.75) is 39.3 Å². The zero-order chi connectivity index (χ0) is 13.4. The van der Waals surface area contributed by atoms with E-state index >= 15 is 0 Å². The lowest BCUT2D eigenvalue weighted by molar-refractivity contribution is -0.119. The quantitative estimate of drug-likeness (QED) is 0.692. The summed E-state index contributed by atoms with van der Waals surface area (Å²) in [6.07, 6.45) is 2.20. The molecule has 3 N–H and O–H groups in total. The average Bonchev–Trinajstić information content (AvgIpc) is 2.37. The molecule has 100 valence electrons. The van der Waals surface area contributed by atoms with Gasteiger partial charge in [-0.15, -0.1) is 0 Å². The van der Waals surface area contributed by atoms with Crippen LogP contribution in [0.4, 0.5) is 0 Å². The van der Waals surface area contributed by atoms with E-state index in [1.165, 1.54) is 0 Å². The van der Waals surface area contributed by atoms with Crippen molar-refractivity contribution in [3.8, 4) is 5.75 Å². The Morgan fingerprint density at radius 2 is 2.06 bits per heavy atom. The fourth-order valence-corrected chi connectivity index (χ4v) is 1.41. The molecule has 0 aromatic heterocycles. The van der Waals surface area contributed by atoms with Gasteiger partial charge in [0.1, 0.15) is 5.75 Å². The van der Waals surface area contributed by atoms with E-state index < -0.39 is 0 Å². The third-order valence-corrected chi connectivity index (χ3v) is 2.73. The highest BCUT2D eigenvalue weighted by molar-refractivity contribution is 5.79. The van der Waals surface area contributed by atoms with Crippen LogP contribution in [0.5, 0.6) is 5.75 Å². The van der Waals surface area contributed by atoms with Crippen molar-refractivity contribution in [2.24, 2.45) is 5.73 Å². The largest absolute Gasteiger partial charge is 0.494 e. The molecule has 1 unspecified atom stereocenters. The molecule has 0 fully saturated rings. The van der Waals surface area contributed by atoms with Crippen molar-refractivity contribution < 1.29 is 9.53 Å². The van der Waals surface area contributed by atoms with Crippen molar-refractivity contribution in [3.63, 3.8) is 0 Å². The minimum Gasteiger partial charge on any atom is -0.494 e. The zero-order valence-electron chi connectivity index (χ0n) is 11.1. The molecule has 18 heavy (non-hydrogen) atoms. The second kappa shape index (κ2) is 7.71. The molecule has 1 aromatic rings. The van der Waals surface area contributed by atoms with E-state index in [1.54, 1.807) is 6.92 Å². The number of unbranched alkanes of at least 4 members (excludes halogenated alkanes) is 1. The normalized spacial score (nSPS) is 12.1. The maximum absolute atomic E-state index is 10.9. The number of hydrogen-bond acceptors (Lipinski definition) is 3. The zero-order valence-corrected chi connectivity index (χ0v) is 11.1. The maximum Gasteiger partial charge on any atom is 0.234 e. The van der Waals surface area contributed by atoms with Gasteiger partial charge in [0.2, 0.25) is 5.91 Å². The Kier molecular flexibility index (Phi) is 6.22. The van der Waals surface area contributed by atoms with Gasteiger partial charge in [0.05, 0.1) is 12.6 Å². The molecule has 4 heteroatoms. The second-order valence-electron chi connectivity index (χ2n) is 4.35. The molecule has 0 aliphatic rings. The van der Waals surface area contributed by atoms with Crippen LogP contribution in [-0.2, 0) is 11.3 Å². The van der Waals surface area contributed by atoms with Crippen LogP contribution in [0.15, 0.2) is 24.3 Å². The number of carbonyl (C=O) groups is 1. The lowest BCUT2D eigenvalue weighted by Gasteiger charge is -2.10. The van der Waals surface area contributed by atoms with Gasteiger partial charge in [-0.2, -0.15) is 0 Å². The Hall–Kier alpha value is -1.55. The third-order valence-electron chi connectivity index (χ3n) is 2.73. The molecular formula is C14H22N2O2. The first-order valence-corrected chi connectivity index (χ1v) is 6.38. The van der Waals surface area contributed by atoms with E-state index in [0.29, 0.717) is 6.54 Å².